The average Bonchev–Trinajstić information content (AvgIpc) is 2.80. The molecule has 3 rings (SSSR count). The number of unbranched alkanes of at least 4 members (excludes halogenated alkanes) is 1. The van der Waals surface area contributed by atoms with E-state index in [1.807, 2.05) is 0 Å². The molecule has 0 amide bonds. The molecule has 2 heterocycles. The van der Waals surface area contributed by atoms with Crippen LogP contribution in [0.25, 0.3) is 0 Å². The highest BCUT2D eigenvalue weighted by atomic mass is 32.2. The lowest BCUT2D eigenvalue weighted by Gasteiger charge is -2.26. The van der Waals surface area contributed by atoms with Gasteiger partial charge in [-0.25, -0.2) is 18.1 Å². The molecule has 1 saturated heterocycles. The summed E-state index contributed by atoms with van der Waals surface area (Å²) < 4.78 is 33.0. The Morgan fingerprint density at radius 3 is 2.62 bits per heavy atom. The third-order valence-electron chi connectivity index (χ3n) is 4.98. The van der Waals surface area contributed by atoms with Gasteiger partial charge in [-0.15, -0.1) is 0 Å². The minimum Gasteiger partial charge on any atom is -0.379 e. The second kappa shape index (κ2) is 11.7. The summed E-state index contributed by atoms with van der Waals surface area (Å²) in [6.07, 6.45) is 3.46. The first-order valence-corrected chi connectivity index (χ1v) is 12.2. The van der Waals surface area contributed by atoms with Crippen LogP contribution in [0.15, 0.2) is 35.4 Å². The number of nitrogens with zero attached hydrogens (tertiary/aromatic N) is 4. The van der Waals surface area contributed by atoms with Gasteiger partial charge in [0.1, 0.15) is 17.5 Å². The van der Waals surface area contributed by atoms with E-state index in [2.05, 4.69) is 43.2 Å². The lowest BCUT2D eigenvalue weighted by Crippen LogP contribution is -2.41. The Labute approximate surface area is 189 Å². The quantitative estimate of drug-likeness (QED) is 0.431. The first-order chi connectivity index (χ1) is 15.5. The van der Waals surface area contributed by atoms with E-state index in [1.54, 1.807) is 12.1 Å². The number of anilines is 3. The van der Waals surface area contributed by atoms with E-state index < -0.39 is 10.0 Å². The third-order valence-corrected chi connectivity index (χ3v) is 6.45. The topological polar surface area (TPSA) is 132 Å². The number of nitrogens with one attached hydrogen (secondary N) is 3. The SMILES string of the molecule is CCCCNc1nc(Nc2ccc(S(=O)(=O)NCCN3CCOCC3)cc2)ncc1C#N. The Morgan fingerprint density at radius 2 is 1.94 bits per heavy atom. The van der Waals surface area contributed by atoms with Gasteiger partial charge in [-0.2, -0.15) is 10.2 Å². The molecular weight excluding hydrogens is 430 g/mol. The lowest BCUT2D eigenvalue weighted by molar-refractivity contribution is 0.0390. The molecule has 10 nitrogen and oxygen atoms in total. The van der Waals surface area contributed by atoms with Gasteiger partial charge in [-0.3, -0.25) is 4.90 Å². The van der Waals surface area contributed by atoms with Crippen molar-refractivity contribution in [2.24, 2.45) is 0 Å². The van der Waals surface area contributed by atoms with Gasteiger partial charge in [0.25, 0.3) is 0 Å². The molecule has 1 aromatic heterocycles. The van der Waals surface area contributed by atoms with Crippen LogP contribution >= 0.6 is 0 Å². The molecule has 0 bridgehead atoms. The second-order valence-corrected chi connectivity index (χ2v) is 9.12. The molecule has 2 aromatic rings. The zero-order chi connectivity index (χ0) is 22.8. The van der Waals surface area contributed by atoms with Gasteiger partial charge < -0.3 is 15.4 Å². The van der Waals surface area contributed by atoms with E-state index in [0.717, 1.165) is 25.9 Å². The summed E-state index contributed by atoms with van der Waals surface area (Å²) in [4.78, 5) is 10.9. The molecule has 3 N–H and O–H groups in total. The molecule has 0 radical (unpaired) electrons. The van der Waals surface area contributed by atoms with Crippen molar-refractivity contribution in [3.63, 3.8) is 0 Å². The van der Waals surface area contributed by atoms with Crippen LogP contribution in [0, 0.1) is 11.3 Å². The number of sulfonamides is 1. The van der Waals surface area contributed by atoms with Crippen LogP contribution in [0.1, 0.15) is 25.3 Å². The zero-order valence-corrected chi connectivity index (χ0v) is 19.0. The Morgan fingerprint density at radius 1 is 1.19 bits per heavy atom. The molecular formula is C21H29N7O3S. The molecule has 0 unspecified atom stereocenters. The van der Waals surface area contributed by atoms with Gasteiger partial charge in [0, 0.05) is 38.4 Å². The molecule has 1 aromatic carbocycles. The number of rotatable bonds is 11. The molecule has 1 aliphatic heterocycles. The van der Waals surface area contributed by atoms with E-state index in [1.165, 1.54) is 18.3 Å². The molecule has 32 heavy (non-hydrogen) atoms. The highest BCUT2D eigenvalue weighted by molar-refractivity contribution is 7.89. The summed E-state index contributed by atoms with van der Waals surface area (Å²) in [5, 5.41) is 15.4. The van der Waals surface area contributed by atoms with Crippen LogP contribution in [-0.2, 0) is 14.8 Å². The summed E-state index contributed by atoms with van der Waals surface area (Å²) in [6, 6.07) is 8.45. The third kappa shape index (κ3) is 6.86. The molecule has 0 saturated carbocycles. The minimum atomic E-state index is -3.59. The second-order valence-electron chi connectivity index (χ2n) is 7.35. The molecule has 11 heteroatoms. The predicted molar refractivity (Wildman–Crippen MR) is 122 cm³/mol. The maximum absolute atomic E-state index is 12.5. The number of aromatic nitrogens is 2. The van der Waals surface area contributed by atoms with Gasteiger partial charge >= 0.3 is 0 Å². The van der Waals surface area contributed by atoms with Crippen molar-refractivity contribution < 1.29 is 13.2 Å². The number of nitriles is 1. The van der Waals surface area contributed by atoms with Crippen molar-refractivity contribution in [1.82, 2.24) is 19.6 Å². The molecule has 0 spiro atoms. The Bertz CT molecular complexity index is 1020. The van der Waals surface area contributed by atoms with Crippen LogP contribution in [0.5, 0.6) is 0 Å². The largest absolute Gasteiger partial charge is 0.379 e. The Hall–Kier alpha value is -2.78. The van der Waals surface area contributed by atoms with Crippen molar-refractivity contribution >= 4 is 27.5 Å². The predicted octanol–water partition coefficient (Wildman–Crippen LogP) is 1.91. The van der Waals surface area contributed by atoms with Crippen LogP contribution < -0.4 is 15.4 Å². The van der Waals surface area contributed by atoms with E-state index in [9.17, 15) is 13.7 Å². The van der Waals surface area contributed by atoms with E-state index in [4.69, 9.17) is 4.74 Å². The standard InChI is InChI=1S/C21H29N7O3S/c1-2-3-8-23-20-17(15-22)16-24-21(27-20)26-18-4-6-19(7-5-18)32(29,30)25-9-10-28-11-13-31-14-12-28/h4-7,16,25H,2-3,8-14H2,1H3,(H2,23,24,26,27). The Kier molecular flexibility index (Phi) is 8.75. The van der Waals surface area contributed by atoms with Crippen molar-refractivity contribution in [2.45, 2.75) is 24.7 Å². The highest BCUT2D eigenvalue weighted by Crippen LogP contribution is 2.19. The summed E-state index contributed by atoms with van der Waals surface area (Å²) >= 11 is 0. The van der Waals surface area contributed by atoms with Gasteiger partial charge in [0.15, 0.2) is 0 Å². The van der Waals surface area contributed by atoms with Crippen molar-refractivity contribution in [2.75, 3.05) is 56.6 Å². The summed E-state index contributed by atoms with van der Waals surface area (Å²) in [7, 11) is -3.59. The monoisotopic (exact) mass is 459 g/mol. The van der Waals surface area contributed by atoms with Gasteiger partial charge in [0.2, 0.25) is 16.0 Å². The lowest BCUT2D eigenvalue weighted by atomic mass is 10.3. The molecule has 1 fully saturated rings. The number of benzene rings is 1. The number of hydrogen-bond acceptors (Lipinski definition) is 9. The fraction of sp³-hybridized carbons (Fsp3) is 0.476. The summed E-state index contributed by atoms with van der Waals surface area (Å²) in [5.74, 6) is 0.796. The first kappa shape index (κ1) is 23.9. The van der Waals surface area contributed by atoms with Gasteiger partial charge in [-0.05, 0) is 30.7 Å². The fourth-order valence-electron chi connectivity index (χ4n) is 3.13. The van der Waals surface area contributed by atoms with Crippen LogP contribution in [-0.4, -0.2) is 69.2 Å². The van der Waals surface area contributed by atoms with E-state index in [-0.39, 0.29) is 4.90 Å². The normalized spacial score (nSPS) is 14.6. The van der Waals surface area contributed by atoms with E-state index in [0.29, 0.717) is 55.9 Å². The maximum Gasteiger partial charge on any atom is 0.240 e. The van der Waals surface area contributed by atoms with Crippen molar-refractivity contribution in [1.29, 1.82) is 5.26 Å². The average molecular weight is 460 g/mol. The molecule has 0 atom stereocenters. The van der Waals surface area contributed by atoms with Crippen LogP contribution in [0.3, 0.4) is 0 Å². The van der Waals surface area contributed by atoms with Crippen LogP contribution in [0.2, 0.25) is 0 Å². The zero-order valence-electron chi connectivity index (χ0n) is 18.2. The summed E-state index contributed by atoms with van der Waals surface area (Å²) in [6.45, 7) is 6.78. The summed E-state index contributed by atoms with van der Waals surface area (Å²) in [5.41, 5.74) is 1.01. The first-order valence-electron chi connectivity index (χ1n) is 10.7. The number of hydrogen-bond donors (Lipinski definition) is 3. The van der Waals surface area contributed by atoms with Crippen LogP contribution in [0.4, 0.5) is 17.5 Å². The fourth-order valence-corrected chi connectivity index (χ4v) is 4.16. The molecule has 172 valence electrons. The van der Waals surface area contributed by atoms with E-state index >= 15 is 0 Å². The van der Waals surface area contributed by atoms with Gasteiger partial charge in [-0.1, -0.05) is 13.3 Å². The smallest absolute Gasteiger partial charge is 0.240 e. The van der Waals surface area contributed by atoms with Crippen molar-refractivity contribution in [3.8, 4) is 6.07 Å². The number of morpholine rings is 1. The highest BCUT2D eigenvalue weighted by Gasteiger charge is 2.16. The molecule has 0 aliphatic carbocycles. The Balaban J connectivity index is 1.58. The van der Waals surface area contributed by atoms with Gasteiger partial charge in [0.05, 0.1) is 24.3 Å². The minimum absolute atomic E-state index is 0.188. The molecule has 1 aliphatic rings. The maximum atomic E-state index is 12.5. The van der Waals surface area contributed by atoms with Crippen molar-refractivity contribution in [3.05, 3.63) is 36.0 Å². The number of ether oxygens (including phenoxy) is 1.